The SMILES string of the molecule is C[C@H](OC(=O)CCc1nc2ccccc2c(=O)[nH]1)C(=O)Nc1cc(F)ccc1F. The first-order valence-electron chi connectivity index (χ1n) is 8.77. The molecule has 9 heteroatoms. The minimum atomic E-state index is -1.23. The molecule has 3 aromatic rings. The van der Waals surface area contributed by atoms with Crippen LogP contribution in [0.3, 0.4) is 0 Å². The molecule has 0 aliphatic carbocycles. The summed E-state index contributed by atoms with van der Waals surface area (Å²) in [6, 6.07) is 9.40. The molecule has 0 unspecified atom stereocenters. The number of H-pyrrole nitrogens is 1. The quantitative estimate of drug-likeness (QED) is 0.619. The van der Waals surface area contributed by atoms with E-state index >= 15 is 0 Å². The summed E-state index contributed by atoms with van der Waals surface area (Å²) in [7, 11) is 0. The Morgan fingerprint density at radius 1 is 1.21 bits per heavy atom. The number of halogens is 2. The molecule has 150 valence electrons. The van der Waals surface area contributed by atoms with Crippen molar-refractivity contribution < 1.29 is 23.1 Å². The van der Waals surface area contributed by atoms with Gasteiger partial charge < -0.3 is 15.0 Å². The summed E-state index contributed by atoms with van der Waals surface area (Å²) < 4.78 is 31.8. The Kier molecular flexibility index (Phi) is 5.96. The number of nitrogens with one attached hydrogen (secondary N) is 2. The molecule has 0 saturated heterocycles. The van der Waals surface area contributed by atoms with Crippen molar-refractivity contribution in [3.63, 3.8) is 0 Å². The lowest BCUT2D eigenvalue weighted by atomic mass is 10.2. The summed E-state index contributed by atoms with van der Waals surface area (Å²) in [6.07, 6.45) is -1.26. The van der Waals surface area contributed by atoms with Crippen molar-refractivity contribution in [1.82, 2.24) is 9.97 Å². The molecule has 0 aliphatic heterocycles. The summed E-state index contributed by atoms with van der Waals surface area (Å²) in [5, 5.41) is 2.61. The van der Waals surface area contributed by atoms with Crippen LogP contribution in [-0.4, -0.2) is 27.9 Å². The Morgan fingerprint density at radius 3 is 2.76 bits per heavy atom. The Hall–Kier alpha value is -3.62. The molecule has 0 bridgehead atoms. The molecule has 0 saturated carbocycles. The number of aryl methyl sites for hydroxylation is 1. The molecule has 1 amide bonds. The lowest BCUT2D eigenvalue weighted by Crippen LogP contribution is -2.30. The Labute approximate surface area is 163 Å². The fourth-order valence-electron chi connectivity index (χ4n) is 2.61. The third-order valence-corrected chi connectivity index (χ3v) is 4.09. The molecule has 0 aliphatic rings. The van der Waals surface area contributed by atoms with E-state index in [2.05, 4.69) is 15.3 Å². The number of hydrogen-bond donors (Lipinski definition) is 2. The number of carbonyl (C=O) groups excluding carboxylic acids is 2. The molecule has 1 atom stereocenters. The van der Waals surface area contributed by atoms with Crippen LogP contribution in [0.25, 0.3) is 10.9 Å². The number of aromatic nitrogens is 2. The van der Waals surface area contributed by atoms with Crippen molar-refractivity contribution in [2.75, 3.05) is 5.32 Å². The van der Waals surface area contributed by atoms with Crippen molar-refractivity contribution >= 4 is 28.5 Å². The topological polar surface area (TPSA) is 101 Å². The number of rotatable bonds is 6. The van der Waals surface area contributed by atoms with Gasteiger partial charge in [-0.1, -0.05) is 12.1 Å². The number of anilines is 1. The highest BCUT2D eigenvalue weighted by Gasteiger charge is 2.19. The van der Waals surface area contributed by atoms with Crippen LogP contribution >= 0.6 is 0 Å². The van der Waals surface area contributed by atoms with Crippen LogP contribution in [0, 0.1) is 11.6 Å². The fraction of sp³-hybridized carbons (Fsp3) is 0.200. The minimum Gasteiger partial charge on any atom is -0.453 e. The number of para-hydroxylation sites is 1. The van der Waals surface area contributed by atoms with Crippen LogP contribution in [0.1, 0.15) is 19.2 Å². The highest BCUT2D eigenvalue weighted by atomic mass is 19.1. The van der Waals surface area contributed by atoms with Gasteiger partial charge in [0.1, 0.15) is 17.5 Å². The third-order valence-electron chi connectivity index (χ3n) is 4.09. The maximum absolute atomic E-state index is 13.6. The lowest BCUT2D eigenvalue weighted by Gasteiger charge is -2.14. The maximum atomic E-state index is 13.6. The average Bonchev–Trinajstić information content (AvgIpc) is 2.69. The van der Waals surface area contributed by atoms with Gasteiger partial charge in [-0.25, -0.2) is 13.8 Å². The number of carbonyl (C=O) groups is 2. The van der Waals surface area contributed by atoms with Crippen LogP contribution in [0.15, 0.2) is 47.3 Å². The smallest absolute Gasteiger partial charge is 0.307 e. The molecular formula is C20H17F2N3O4. The lowest BCUT2D eigenvalue weighted by molar-refractivity contribution is -0.153. The molecular weight excluding hydrogens is 384 g/mol. The number of ether oxygens (including phenoxy) is 1. The first-order chi connectivity index (χ1) is 13.8. The number of aromatic amines is 1. The van der Waals surface area contributed by atoms with Crippen LogP contribution in [0.2, 0.25) is 0 Å². The van der Waals surface area contributed by atoms with Gasteiger partial charge in [0.05, 0.1) is 23.0 Å². The minimum absolute atomic E-state index is 0.103. The molecule has 7 nitrogen and oxygen atoms in total. The highest BCUT2D eigenvalue weighted by molar-refractivity contribution is 5.95. The van der Waals surface area contributed by atoms with Crippen molar-refractivity contribution in [3.05, 3.63) is 70.3 Å². The maximum Gasteiger partial charge on any atom is 0.307 e. The first kappa shape index (κ1) is 20.1. The Bertz CT molecular complexity index is 1130. The molecule has 0 spiro atoms. The van der Waals surface area contributed by atoms with E-state index in [1.807, 2.05) is 0 Å². The summed E-state index contributed by atoms with van der Waals surface area (Å²) in [6.45, 7) is 1.31. The van der Waals surface area contributed by atoms with Gasteiger partial charge in [0.2, 0.25) is 0 Å². The Morgan fingerprint density at radius 2 is 1.97 bits per heavy atom. The second-order valence-corrected chi connectivity index (χ2v) is 6.28. The van der Waals surface area contributed by atoms with E-state index in [4.69, 9.17) is 4.74 Å². The van der Waals surface area contributed by atoms with Crippen molar-refractivity contribution in [1.29, 1.82) is 0 Å². The molecule has 3 rings (SSSR count). The van der Waals surface area contributed by atoms with Crippen LogP contribution in [-0.2, 0) is 20.7 Å². The molecule has 1 heterocycles. The van der Waals surface area contributed by atoms with E-state index < -0.39 is 29.6 Å². The van der Waals surface area contributed by atoms with Crippen LogP contribution < -0.4 is 10.9 Å². The van der Waals surface area contributed by atoms with Crippen molar-refractivity contribution in [2.24, 2.45) is 0 Å². The van der Waals surface area contributed by atoms with Crippen molar-refractivity contribution in [2.45, 2.75) is 25.9 Å². The van der Waals surface area contributed by atoms with E-state index in [0.717, 1.165) is 18.2 Å². The van der Waals surface area contributed by atoms with Gasteiger partial charge in [0.15, 0.2) is 6.10 Å². The summed E-state index contributed by atoms with van der Waals surface area (Å²) in [5.41, 5.74) is -0.163. The zero-order valence-electron chi connectivity index (χ0n) is 15.4. The molecule has 2 N–H and O–H groups in total. The van der Waals surface area contributed by atoms with Gasteiger partial charge in [-0.3, -0.25) is 14.4 Å². The van der Waals surface area contributed by atoms with Crippen LogP contribution in [0.5, 0.6) is 0 Å². The van der Waals surface area contributed by atoms with E-state index in [-0.39, 0.29) is 24.1 Å². The predicted octanol–water partition coefficient (Wildman–Crippen LogP) is 2.70. The monoisotopic (exact) mass is 401 g/mol. The molecule has 2 aromatic carbocycles. The summed E-state index contributed by atoms with van der Waals surface area (Å²) in [4.78, 5) is 42.9. The second kappa shape index (κ2) is 8.59. The zero-order chi connectivity index (χ0) is 21.0. The van der Waals surface area contributed by atoms with E-state index in [1.165, 1.54) is 6.92 Å². The van der Waals surface area contributed by atoms with E-state index in [0.29, 0.717) is 16.7 Å². The number of nitrogens with zero attached hydrogens (tertiary/aromatic N) is 1. The molecule has 1 aromatic heterocycles. The van der Waals surface area contributed by atoms with Gasteiger partial charge in [0.25, 0.3) is 11.5 Å². The van der Waals surface area contributed by atoms with Gasteiger partial charge in [-0.2, -0.15) is 0 Å². The van der Waals surface area contributed by atoms with Gasteiger partial charge in [-0.15, -0.1) is 0 Å². The molecule has 0 radical (unpaired) electrons. The van der Waals surface area contributed by atoms with Gasteiger partial charge in [-0.05, 0) is 31.2 Å². The third kappa shape index (κ3) is 5.01. The fourth-order valence-corrected chi connectivity index (χ4v) is 2.61. The average molecular weight is 401 g/mol. The van der Waals surface area contributed by atoms with Gasteiger partial charge >= 0.3 is 5.97 Å². The first-order valence-corrected chi connectivity index (χ1v) is 8.77. The summed E-state index contributed by atoms with van der Waals surface area (Å²) >= 11 is 0. The second-order valence-electron chi connectivity index (χ2n) is 6.28. The number of benzene rings is 2. The van der Waals surface area contributed by atoms with Crippen molar-refractivity contribution in [3.8, 4) is 0 Å². The highest BCUT2D eigenvalue weighted by Crippen LogP contribution is 2.16. The number of hydrogen-bond acceptors (Lipinski definition) is 5. The standard InChI is InChI=1S/C20H17F2N3O4/c1-11(19(27)24-16-10-12(21)6-7-14(16)22)29-18(26)9-8-17-23-15-5-3-2-4-13(15)20(28)25-17/h2-7,10-11H,8-9H2,1H3,(H,24,27)(H,23,25,28)/t11-/m0/s1. The number of amides is 1. The van der Waals surface area contributed by atoms with Gasteiger partial charge in [0, 0.05) is 12.5 Å². The largest absolute Gasteiger partial charge is 0.453 e. The molecule has 29 heavy (non-hydrogen) atoms. The van der Waals surface area contributed by atoms with E-state index in [1.54, 1.807) is 24.3 Å². The molecule has 0 fully saturated rings. The van der Waals surface area contributed by atoms with Crippen LogP contribution in [0.4, 0.5) is 14.5 Å². The zero-order valence-corrected chi connectivity index (χ0v) is 15.4. The predicted molar refractivity (Wildman–Crippen MR) is 101 cm³/mol. The Balaban J connectivity index is 1.57. The van der Waals surface area contributed by atoms with E-state index in [9.17, 15) is 23.2 Å². The summed E-state index contributed by atoms with van der Waals surface area (Å²) in [5.74, 6) is -2.74. The number of fused-ring (bicyclic) bond motifs is 1. The normalized spacial score (nSPS) is 11.8. The number of esters is 1.